The lowest BCUT2D eigenvalue weighted by molar-refractivity contribution is -0.116. The van der Waals surface area contributed by atoms with Crippen molar-refractivity contribution in [1.82, 2.24) is 4.31 Å². The second kappa shape index (κ2) is 8.97. The van der Waals surface area contributed by atoms with Gasteiger partial charge in [0.15, 0.2) is 0 Å². The van der Waals surface area contributed by atoms with E-state index in [9.17, 15) is 13.2 Å². The SMILES string of the molecule is CC(C)c1ccc(N[C@@H](C)C(=O)Nc2ccc(S(=O)(=O)N3CCCC3)cc2)cc1. The van der Waals surface area contributed by atoms with Crippen molar-refractivity contribution in [3.05, 3.63) is 54.1 Å². The molecule has 0 spiro atoms. The molecule has 3 rings (SSSR count). The molecule has 1 atom stereocenters. The summed E-state index contributed by atoms with van der Waals surface area (Å²) in [5.74, 6) is 0.273. The average molecular weight is 416 g/mol. The third kappa shape index (κ3) is 5.16. The molecule has 7 heteroatoms. The number of nitrogens with one attached hydrogen (secondary N) is 2. The lowest BCUT2D eigenvalue weighted by atomic mass is 10.0. The Bertz CT molecular complexity index is 932. The number of nitrogens with zero attached hydrogens (tertiary/aromatic N) is 1. The maximum atomic E-state index is 12.6. The van der Waals surface area contributed by atoms with E-state index in [1.807, 2.05) is 12.1 Å². The van der Waals surface area contributed by atoms with Crippen LogP contribution in [0.5, 0.6) is 0 Å². The van der Waals surface area contributed by atoms with Crippen molar-refractivity contribution < 1.29 is 13.2 Å². The fourth-order valence-corrected chi connectivity index (χ4v) is 4.84. The smallest absolute Gasteiger partial charge is 0.246 e. The Morgan fingerprint density at radius 3 is 2.00 bits per heavy atom. The Balaban J connectivity index is 1.59. The van der Waals surface area contributed by atoms with E-state index >= 15 is 0 Å². The van der Waals surface area contributed by atoms with E-state index in [1.54, 1.807) is 31.2 Å². The number of rotatable bonds is 7. The predicted octanol–water partition coefficient (Wildman–Crippen LogP) is 4.03. The standard InChI is InChI=1S/C22H29N3O3S/c1-16(2)18-6-8-19(9-7-18)23-17(3)22(26)24-20-10-12-21(13-11-20)29(27,28)25-14-4-5-15-25/h6-13,16-17,23H,4-5,14-15H2,1-3H3,(H,24,26)/t17-/m0/s1. The van der Waals surface area contributed by atoms with Gasteiger partial charge in [0, 0.05) is 24.5 Å². The number of carbonyl (C=O) groups excluding carboxylic acids is 1. The molecule has 0 unspecified atom stereocenters. The van der Waals surface area contributed by atoms with E-state index in [4.69, 9.17) is 0 Å². The van der Waals surface area contributed by atoms with Gasteiger partial charge in [0.25, 0.3) is 0 Å². The number of hydrogen-bond acceptors (Lipinski definition) is 4. The van der Waals surface area contributed by atoms with Crippen LogP contribution in [0.1, 0.15) is 45.1 Å². The van der Waals surface area contributed by atoms with Gasteiger partial charge in [-0.2, -0.15) is 4.31 Å². The Morgan fingerprint density at radius 2 is 1.45 bits per heavy atom. The van der Waals surface area contributed by atoms with E-state index < -0.39 is 16.1 Å². The zero-order valence-electron chi connectivity index (χ0n) is 17.2. The summed E-state index contributed by atoms with van der Waals surface area (Å²) in [4.78, 5) is 12.7. The average Bonchev–Trinajstić information content (AvgIpc) is 3.24. The summed E-state index contributed by atoms with van der Waals surface area (Å²) in [6.45, 7) is 7.21. The highest BCUT2D eigenvalue weighted by Crippen LogP contribution is 2.22. The van der Waals surface area contributed by atoms with Crippen molar-refractivity contribution in [2.24, 2.45) is 0 Å². The summed E-state index contributed by atoms with van der Waals surface area (Å²) in [6.07, 6.45) is 1.80. The van der Waals surface area contributed by atoms with Crippen molar-refractivity contribution in [3.63, 3.8) is 0 Å². The Hall–Kier alpha value is -2.38. The minimum atomic E-state index is -3.44. The van der Waals surface area contributed by atoms with Gasteiger partial charge < -0.3 is 10.6 Å². The molecular weight excluding hydrogens is 386 g/mol. The third-order valence-corrected chi connectivity index (χ3v) is 7.09. The highest BCUT2D eigenvalue weighted by molar-refractivity contribution is 7.89. The second-order valence-electron chi connectivity index (χ2n) is 7.77. The summed E-state index contributed by atoms with van der Waals surface area (Å²) in [6, 6.07) is 14.0. The number of amides is 1. The molecule has 0 saturated carbocycles. The van der Waals surface area contributed by atoms with E-state index in [0.717, 1.165) is 18.5 Å². The Labute approximate surface area is 173 Å². The van der Waals surface area contributed by atoms with Crippen LogP contribution in [-0.4, -0.2) is 37.8 Å². The van der Waals surface area contributed by atoms with Crippen LogP contribution >= 0.6 is 0 Å². The van der Waals surface area contributed by atoms with Crippen LogP contribution in [0.4, 0.5) is 11.4 Å². The summed E-state index contributed by atoms with van der Waals surface area (Å²) in [5.41, 5.74) is 2.69. The molecule has 1 aliphatic heterocycles. The van der Waals surface area contributed by atoms with Gasteiger partial charge in [-0.05, 0) is 67.6 Å². The fraction of sp³-hybridized carbons (Fsp3) is 0.409. The summed E-state index contributed by atoms with van der Waals surface area (Å²) < 4.78 is 26.7. The van der Waals surface area contributed by atoms with Crippen molar-refractivity contribution in [1.29, 1.82) is 0 Å². The maximum Gasteiger partial charge on any atom is 0.246 e. The van der Waals surface area contributed by atoms with Crippen molar-refractivity contribution in [2.45, 2.75) is 50.5 Å². The van der Waals surface area contributed by atoms with Crippen molar-refractivity contribution >= 4 is 27.3 Å². The third-order valence-electron chi connectivity index (χ3n) is 5.18. The quantitative estimate of drug-likeness (QED) is 0.716. The molecule has 0 bridgehead atoms. The molecule has 1 fully saturated rings. The minimum absolute atomic E-state index is 0.187. The van der Waals surface area contributed by atoms with Gasteiger partial charge in [0.2, 0.25) is 15.9 Å². The van der Waals surface area contributed by atoms with Crippen LogP contribution in [0.25, 0.3) is 0 Å². The van der Waals surface area contributed by atoms with Gasteiger partial charge in [-0.3, -0.25) is 4.79 Å². The van der Waals surface area contributed by atoms with E-state index in [1.165, 1.54) is 9.87 Å². The van der Waals surface area contributed by atoms with Gasteiger partial charge in [0.1, 0.15) is 6.04 Å². The molecule has 0 radical (unpaired) electrons. The Morgan fingerprint density at radius 1 is 0.897 bits per heavy atom. The highest BCUT2D eigenvalue weighted by atomic mass is 32.2. The predicted molar refractivity (Wildman–Crippen MR) is 117 cm³/mol. The van der Waals surface area contributed by atoms with Gasteiger partial charge in [-0.25, -0.2) is 8.42 Å². The van der Waals surface area contributed by atoms with E-state index in [0.29, 0.717) is 24.7 Å². The molecule has 2 aromatic carbocycles. The molecule has 29 heavy (non-hydrogen) atoms. The molecule has 2 N–H and O–H groups in total. The first-order valence-corrected chi connectivity index (χ1v) is 11.5. The molecule has 2 aromatic rings. The monoisotopic (exact) mass is 415 g/mol. The molecule has 156 valence electrons. The number of anilines is 2. The first-order chi connectivity index (χ1) is 13.8. The molecule has 1 heterocycles. The lowest BCUT2D eigenvalue weighted by Crippen LogP contribution is -2.32. The summed E-state index contributed by atoms with van der Waals surface area (Å²) >= 11 is 0. The van der Waals surface area contributed by atoms with Crippen LogP contribution in [0.15, 0.2) is 53.4 Å². The van der Waals surface area contributed by atoms with Crippen LogP contribution < -0.4 is 10.6 Å². The van der Waals surface area contributed by atoms with Gasteiger partial charge in [-0.15, -0.1) is 0 Å². The molecule has 1 saturated heterocycles. The maximum absolute atomic E-state index is 12.6. The molecular formula is C22H29N3O3S. The fourth-order valence-electron chi connectivity index (χ4n) is 3.32. The van der Waals surface area contributed by atoms with Crippen molar-refractivity contribution in [2.75, 3.05) is 23.7 Å². The van der Waals surface area contributed by atoms with Crippen LogP contribution in [0, 0.1) is 0 Å². The van der Waals surface area contributed by atoms with Gasteiger partial charge >= 0.3 is 0 Å². The number of sulfonamides is 1. The molecule has 6 nitrogen and oxygen atoms in total. The zero-order valence-corrected chi connectivity index (χ0v) is 18.0. The topological polar surface area (TPSA) is 78.5 Å². The minimum Gasteiger partial charge on any atom is -0.374 e. The normalized spacial score (nSPS) is 16.0. The lowest BCUT2D eigenvalue weighted by Gasteiger charge is -2.17. The number of benzene rings is 2. The highest BCUT2D eigenvalue weighted by Gasteiger charge is 2.27. The van der Waals surface area contributed by atoms with Crippen LogP contribution in [0.3, 0.4) is 0 Å². The first-order valence-electron chi connectivity index (χ1n) is 10.0. The van der Waals surface area contributed by atoms with Crippen LogP contribution in [-0.2, 0) is 14.8 Å². The van der Waals surface area contributed by atoms with Gasteiger partial charge in [0.05, 0.1) is 4.90 Å². The molecule has 0 aromatic heterocycles. The van der Waals surface area contributed by atoms with E-state index in [-0.39, 0.29) is 10.8 Å². The summed E-state index contributed by atoms with van der Waals surface area (Å²) in [5, 5.41) is 6.02. The molecule has 1 amide bonds. The number of carbonyl (C=O) groups is 1. The second-order valence-corrected chi connectivity index (χ2v) is 9.71. The Kier molecular flexibility index (Phi) is 6.59. The largest absolute Gasteiger partial charge is 0.374 e. The first kappa shape index (κ1) is 21.3. The molecule has 1 aliphatic rings. The van der Waals surface area contributed by atoms with Crippen LogP contribution in [0.2, 0.25) is 0 Å². The summed E-state index contributed by atoms with van der Waals surface area (Å²) in [7, 11) is -3.44. The van der Waals surface area contributed by atoms with E-state index in [2.05, 4.69) is 36.6 Å². The number of hydrogen-bond donors (Lipinski definition) is 2. The zero-order chi connectivity index (χ0) is 21.0. The van der Waals surface area contributed by atoms with Gasteiger partial charge in [-0.1, -0.05) is 26.0 Å². The van der Waals surface area contributed by atoms with Crippen molar-refractivity contribution in [3.8, 4) is 0 Å². The molecule has 0 aliphatic carbocycles.